The Bertz CT molecular complexity index is 1180. The number of amides is 1. The summed E-state index contributed by atoms with van der Waals surface area (Å²) in [7, 11) is -4.13. The van der Waals surface area contributed by atoms with Crippen molar-refractivity contribution >= 4 is 27.3 Å². The van der Waals surface area contributed by atoms with Crippen LogP contribution in [0.2, 0.25) is 0 Å². The van der Waals surface area contributed by atoms with Crippen LogP contribution in [0.5, 0.6) is 5.75 Å². The number of sulfonamides is 1. The van der Waals surface area contributed by atoms with Crippen molar-refractivity contribution in [3.05, 3.63) is 65.5 Å². The molecule has 0 radical (unpaired) electrons. The van der Waals surface area contributed by atoms with Gasteiger partial charge in [-0.15, -0.1) is 0 Å². The first kappa shape index (κ1) is 24.3. The molecule has 0 fully saturated rings. The molecule has 3 aromatic rings. The number of anilines is 2. The summed E-state index contributed by atoms with van der Waals surface area (Å²) in [6.07, 6.45) is 0. The molecule has 8 nitrogen and oxygen atoms in total. The van der Waals surface area contributed by atoms with Crippen LogP contribution in [0.1, 0.15) is 43.7 Å². The lowest BCUT2D eigenvalue weighted by atomic mass is 10.0. The molecule has 0 saturated heterocycles. The van der Waals surface area contributed by atoms with E-state index >= 15 is 0 Å². The number of carbonyl (C=O) groups is 1. The van der Waals surface area contributed by atoms with E-state index in [1.807, 2.05) is 19.1 Å². The topological polar surface area (TPSA) is 102 Å². The summed E-state index contributed by atoms with van der Waals surface area (Å²) in [6, 6.07) is 14.0. The van der Waals surface area contributed by atoms with E-state index in [4.69, 9.17) is 9.26 Å². The van der Waals surface area contributed by atoms with Crippen LogP contribution in [0, 0.1) is 13.8 Å². The zero-order chi connectivity index (χ0) is 24.2. The van der Waals surface area contributed by atoms with Gasteiger partial charge in [0, 0.05) is 5.69 Å². The third-order valence-corrected chi connectivity index (χ3v) is 7.12. The number of aryl methyl sites for hydroxylation is 2. The lowest BCUT2D eigenvalue weighted by molar-refractivity contribution is -0.114. The summed E-state index contributed by atoms with van der Waals surface area (Å²) in [4.78, 5) is 12.8. The molecule has 2 aromatic carbocycles. The molecule has 0 bridgehead atoms. The molecule has 0 aliphatic carbocycles. The third-order valence-electron chi connectivity index (χ3n) is 5.10. The van der Waals surface area contributed by atoms with Gasteiger partial charge in [-0.25, -0.2) is 8.42 Å². The van der Waals surface area contributed by atoms with E-state index in [0.29, 0.717) is 29.6 Å². The van der Waals surface area contributed by atoms with Gasteiger partial charge in [-0.3, -0.25) is 9.10 Å². The normalized spacial score (nSPS) is 11.5. The number of aromatic nitrogens is 1. The Morgan fingerprint density at radius 2 is 1.73 bits per heavy atom. The van der Waals surface area contributed by atoms with Crippen molar-refractivity contribution < 1.29 is 22.5 Å². The molecule has 0 saturated carbocycles. The van der Waals surface area contributed by atoms with Crippen LogP contribution >= 0.6 is 0 Å². The van der Waals surface area contributed by atoms with Crippen LogP contribution in [0.4, 0.5) is 11.4 Å². The molecular formula is C24H29N3O5S. The Morgan fingerprint density at radius 1 is 1.09 bits per heavy atom. The van der Waals surface area contributed by atoms with Crippen LogP contribution in [-0.2, 0) is 14.8 Å². The number of hydrogen-bond acceptors (Lipinski definition) is 6. The number of rotatable bonds is 9. The largest absolute Gasteiger partial charge is 0.494 e. The smallest absolute Gasteiger partial charge is 0.270 e. The van der Waals surface area contributed by atoms with Gasteiger partial charge in [-0.05, 0) is 68.7 Å². The Balaban J connectivity index is 1.92. The van der Waals surface area contributed by atoms with E-state index in [2.05, 4.69) is 24.3 Å². The highest BCUT2D eigenvalue weighted by molar-refractivity contribution is 7.93. The van der Waals surface area contributed by atoms with E-state index in [0.717, 1.165) is 9.87 Å². The Morgan fingerprint density at radius 3 is 2.24 bits per heavy atom. The highest BCUT2D eigenvalue weighted by atomic mass is 32.2. The Labute approximate surface area is 194 Å². The van der Waals surface area contributed by atoms with Gasteiger partial charge in [0.25, 0.3) is 10.0 Å². The van der Waals surface area contributed by atoms with Crippen molar-refractivity contribution in [1.29, 1.82) is 0 Å². The average Bonchev–Trinajstić information content (AvgIpc) is 3.12. The molecule has 0 aliphatic rings. The molecule has 0 aliphatic heterocycles. The van der Waals surface area contributed by atoms with Gasteiger partial charge < -0.3 is 14.6 Å². The fourth-order valence-electron chi connectivity index (χ4n) is 3.43. The highest BCUT2D eigenvalue weighted by Crippen LogP contribution is 2.29. The predicted molar refractivity (Wildman–Crippen MR) is 127 cm³/mol. The standard InChI is InChI=1S/C24H29N3O5S/c1-6-31-22-13-11-21(12-14-22)27(33(29,30)24-17(4)26-32-18(24)5)15-23(28)25-20-9-7-19(8-10-20)16(2)3/h7-14,16H,6,15H2,1-5H3,(H,25,28). The molecular weight excluding hydrogens is 442 g/mol. The van der Waals surface area contributed by atoms with Crippen molar-refractivity contribution in [3.8, 4) is 5.75 Å². The number of ether oxygens (including phenoxy) is 1. The molecule has 0 spiro atoms. The molecule has 0 unspecified atom stereocenters. The van der Waals surface area contributed by atoms with E-state index in [9.17, 15) is 13.2 Å². The first-order chi connectivity index (χ1) is 15.6. The maximum absolute atomic E-state index is 13.6. The SMILES string of the molecule is CCOc1ccc(N(CC(=O)Nc2ccc(C(C)C)cc2)S(=O)(=O)c2c(C)noc2C)cc1. The Hall–Kier alpha value is -3.33. The third kappa shape index (κ3) is 5.54. The number of carbonyl (C=O) groups excluding carboxylic acids is 1. The maximum Gasteiger partial charge on any atom is 0.270 e. The second-order valence-electron chi connectivity index (χ2n) is 7.92. The zero-order valence-corrected chi connectivity index (χ0v) is 20.3. The van der Waals surface area contributed by atoms with Crippen molar-refractivity contribution in [2.45, 2.75) is 45.4 Å². The van der Waals surface area contributed by atoms with E-state index in [-0.39, 0.29) is 16.3 Å². The summed E-state index contributed by atoms with van der Waals surface area (Å²) in [5.41, 5.74) is 2.28. The van der Waals surface area contributed by atoms with Gasteiger partial charge >= 0.3 is 0 Å². The number of benzene rings is 2. The minimum absolute atomic E-state index is 0.0505. The summed E-state index contributed by atoms with van der Waals surface area (Å²) < 4.78 is 38.7. The van der Waals surface area contributed by atoms with Crippen LogP contribution in [0.25, 0.3) is 0 Å². The number of nitrogens with zero attached hydrogens (tertiary/aromatic N) is 2. The fourth-order valence-corrected chi connectivity index (χ4v) is 5.14. The van der Waals surface area contributed by atoms with E-state index < -0.39 is 22.5 Å². The van der Waals surface area contributed by atoms with Crippen LogP contribution in [0.15, 0.2) is 57.9 Å². The molecule has 0 atom stereocenters. The number of hydrogen-bond donors (Lipinski definition) is 1. The van der Waals surface area contributed by atoms with Crippen LogP contribution in [0.3, 0.4) is 0 Å². The molecule has 1 aromatic heterocycles. The fraction of sp³-hybridized carbons (Fsp3) is 0.333. The van der Waals surface area contributed by atoms with Gasteiger partial charge in [0.2, 0.25) is 5.91 Å². The molecule has 176 valence electrons. The van der Waals surface area contributed by atoms with E-state index in [1.165, 1.54) is 6.92 Å². The summed E-state index contributed by atoms with van der Waals surface area (Å²) in [6.45, 7) is 9.17. The van der Waals surface area contributed by atoms with Crippen molar-refractivity contribution in [1.82, 2.24) is 5.16 Å². The molecule has 9 heteroatoms. The maximum atomic E-state index is 13.6. The van der Waals surface area contributed by atoms with Gasteiger partial charge in [-0.1, -0.05) is 31.1 Å². The lowest BCUT2D eigenvalue weighted by Gasteiger charge is -2.24. The van der Waals surface area contributed by atoms with Gasteiger partial charge in [0.1, 0.15) is 18.0 Å². The molecule has 1 heterocycles. The van der Waals surface area contributed by atoms with E-state index in [1.54, 1.807) is 43.3 Å². The lowest BCUT2D eigenvalue weighted by Crippen LogP contribution is -2.38. The summed E-state index contributed by atoms with van der Waals surface area (Å²) in [5, 5.41) is 6.54. The molecule has 33 heavy (non-hydrogen) atoms. The van der Waals surface area contributed by atoms with Crippen molar-refractivity contribution in [3.63, 3.8) is 0 Å². The second kappa shape index (κ2) is 10.1. The van der Waals surface area contributed by atoms with Gasteiger partial charge in [0.05, 0.1) is 12.3 Å². The number of nitrogens with one attached hydrogen (secondary N) is 1. The van der Waals surface area contributed by atoms with Gasteiger partial charge in [0.15, 0.2) is 10.7 Å². The van der Waals surface area contributed by atoms with Crippen LogP contribution < -0.4 is 14.4 Å². The van der Waals surface area contributed by atoms with Crippen molar-refractivity contribution in [2.75, 3.05) is 22.8 Å². The zero-order valence-electron chi connectivity index (χ0n) is 19.5. The average molecular weight is 472 g/mol. The molecule has 1 amide bonds. The van der Waals surface area contributed by atoms with Gasteiger partial charge in [-0.2, -0.15) is 0 Å². The predicted octanol–water partition coefficient (Wildman–Crippen LogP) is 4.65. The molecule has 1 N–H and O–H groups in total. The summed E-state index contributed by atoms with van der Waals surface area (Å²) >= 11 is 0. The Kier molecular flexibility index (Phi) is 7.43. The van der Waals surface area contributed by atoms with Crippen molar-refractivity contribution in [2.24, 2.45) is 0 Å². The first-order valence-electron chi connectivity index (χ1n) is 10.7. The second-order valence-corrected chi connectivity index (χ2v) is 9.72. The molecule has 3 rings (SSSR count). The highest BCUT2D eigenvalue weighted by Gasteiger charge is 2.33. The monoisotopic (exact) mass is 471 g/mol. The van der Waals surface area contributed by atoms with Crippen LogP contribution in [-0.4, -0.2) is 32.6 Å². The quantitative estimate of drug-likeness (QED) is 0.487. The summed E-state index contributed by atoms with van der Waals surface area (Å²) in [5.74, 6) is 0.653. The minimum Gasteiger partial charge on any atom is -0.494 e. The first-order valence-corrected chi connectivity index (χ1v) is 12.2. The minimum atomic E-state index is -4.13.